The van der Waals surface area contributed by atoms with Gasteiger partial charge in [-0.05, 0) is 30.7 Å². The molecular formula is C19H17N7. The Morgan fingerprint density at radius 3 is 2.73 bits per heavy atom. The first-order chi connectivity index (χ1) is 12.8. The van der Waals surface area contributed by atoms with Crippen molar-refractivity contribution in [3.05, 3.63) is 72.6 Å². The number of aryl methyl sites for hydroxylation is 1. The standard InChI is InChI=1S/C19H17N7/c1-2-9-26-16-5-4-14(12-20)11-15(16)24-19(26)17(25-10-8-21-13-25)18-22-6-3-7-23-18/h3-8,10-11,13,17H,2,9H2,1H3. The van der Waals surface area contributed by atoms with Gasteiger partial charge in [0.25, 0.3) is 0 Å². The van der Waals surface area contributed by atoms with Crippen molar-refractivity contribution in [1.29, 1.82) is 5.26 Å². The molecule has 0 aliphatic heterocycles. The lowest BCUT2D eigenvalue weighted by Crippen LogP contribution is -2.19. The Hall–Kier alpha value is -3.53. The summed E-state index contributed by atoms with van der Waals surface area (Å²) >= 11 is 0. The fourth-order valence-corrected chi connectivity index (χ4v) is 3.14. The molecule has 1 aromatic carbocycles. The topological polar surface area (TPSA) is 85.2 Å². The highest BCUT2D eigenvalue weighted by Crippen LogP contribution is 2.28. The maximum Gasteiger partial charge on any atom is 0.158 e. The second kappa shape index (κ2) is 6.76. The number of nitriles is 1. The molecule has 0 saturated carbocycles. The zero-order valence-electron chi connectivity index (χ0n) is 14.3. The summed E-state index contributed by atoms with van der Waals surface area (Å²) < 4.78 is 4.13. The van der Waals surface area contributed by atoms with Crippen LogP contribution in [-0.4, -0.2) is 29.1 Å². The van der Waals surface area contributed by atoms with Gasteiger partial charge in [-0.15, -0.1) is 0 Å². The van der Waals surface area contributed by atoms with Gasteiger partial charge in [0, 0.05) is 31.3 Å². The SMILES string of the molecule is CCCn1c(C(c2ncccn2)n2ccnc2)nc2cc(C#N)ccc21. The van der Waals surface area contributed by atoms with E-state index in [9.17, 15) is 5.26 Å². The van der Waals surface area contributed by atoms with Crippen LogP contribution in [0.3, 0.4) is 0 Å². The molecule has 0 spiro atoms. The Morgan fingerprint density at radius 2 is 2.04 bits per heavy atom. The summed E-state index contributed by atoms with van der Waals surface area (Å²) in [5.41, 5.74) is 2.40. The third-order valence-corrected chi connectivity index (χ3v) is 4.25. The smallest absolute Gasteiger partial charge is 0.158 e. The highest BCUT2D eigenvalue weighted by Gasteiger charge is 2.25. The molecule has 3 aromatic heterocycles. The van der Waals surface area contributed by atoms with Crippen LogP contribution in [0.15, 0.2) is 55.4 Å². The van der Waals surface area contributed by atoms with Crippen LogP contribution in [0.1, 0.15) is 36.6 Å². The van der Waals surface area contributed by atoms with E-state index in [0.717, 1.165) is 29.8 Å². The lowest BCUT2D eigenvalue weighted by Gasteiger charge is -2.18. The van der Waals surface area contributed by atoms with Crippen LogP contribution in [-0.2, 0) is 6.54 Å². The van der Waals surface area contributed by atoms with Gasteiger partial charge in [0.15, 0.2) is 11.9 Å². The van der Waals surface area contributed by atoms with Gasteiger partial charge in [-0.3, -0.25) is 0 Å². The molecule has 128 valence electrons. The summed E-state index contributed by atoms with van der Waals surface area (Å²) in [4.78, 5) is 17.9. The van der Waals surface area contributed by atoms with Crippen molar-refractivity contribution >= 4 is 11.0 Å². The fraction of sp³-hybridized carbons (Fsp3) is 0.211. The molecule has 4 aromatic rings. The number of rotatable bonds is 5. The summed E-state index contributed by atoms with van der Waals surface area (Å²) in [6, 6.07) is 9.29. The molecule has 0 bridgehead atoms. The average Bonchev–Trinajstić information content (AvgIpc) is 3.32. The Morgan fingerprint density at radius 1 is 1.19 bits per heavy atom. The van der Waals surface area contributed by atoms with E-state index in [1.165, 1.54) is 0 Å². The maximum atomic E-state index is 9.20. The van der Waals surface area contributed by atoms with E-state index < -0.39 is 0 Å². The zero-order valence-corrected chi connectivity index (χ0v) is 14.3. The first kappa shape index (κ1) is 16.0. The zero-order chi connectivity index (χ0) is 17.9. The van der Waals surface area contributed by atoms with Crippen molar-refractivity contribution < 1.29 is 0 Å². The number of aromatic nitrogens is 6. The van der Waals surface area contributed by atoms with Crippen LogP contribution in [0.5, 0.6) is 0 Å². The Bertz CT molecular complexity index is 1060. The molecular weight excluding hydrogens is 326 g/mol. The van der Waals surface area contributed by atoms with Crippen LogP contribution >= 0.6 is 0 Å². The molecule has 7 nitrogen and oxygen atoms in total. The quantitative estimate of drug-likeness (QED) is 0.556. The molecule has 7 heteroatoms. The highest BCUT2D eigenvalue weighted by atomic mass is 15.2. The van der Waals surface area contributed by atoms with E-state index in [0.29, 0.717) is 11.4 Å². The lowest BCUT2D eigenvalue weighted by atomic mass is 10.2. The number of hydrogen-bond donors (Lipinski definition) is 0. The average molecular weight is 343 g/mol. The first-order valence-electron chi connectivity index (χ1n) is 8.46. The molecule has 4 rings (SSSR count). The number of hydrogen-bond acceptors (Lipinski definition) is 5. The van der Waals surface area contributed by atoms with Gasteiger partial charge < -0.3 is 9.13 Å². The molecule has 0 N–H and O–H groups in total. The van der Waals surface area contributed by atoms with Crippen molar-refractivity contribution in [1.82, 2.24) is 29.1 Å². The summed E-state index contributed by atoms with van der Waals surface area (Å²) in [5, 5.41) is 9.20. The Labute approximate surface area is 150 Å². The number of imidazole rings is 2. The molecule has 0 amide bonds. The molecule has 1 unspecified atom stereocenters. The Balaban J connectivity index is 1.97. The van der Waals surface area contributed by atoms with Gasteiger partial charge >= 0.3 is 0 Å². The molecule has 0 aliphatic rings. The van der Waals surface area contributed by atoms with Crippen molar-refractivity contribution in [2.75, 3.05) is 0 Å². The summed E-state index contributed by atoms with van der Waals surface area (Å²) in [6.45, 7) is 2.94. The summed E-state index contributed by atoms with van der Waals surface area (Å²) in [7, 11) is 0. The third kappa shape index (κ3) is 2.71. The summed E-state index contributed by atoms with van der Waals surface area (Å²) in [5.74, 6) is 1.49. The second-order valence-corrected chi connectivity index (χ2v) is 5.96. The molecule has 1 atom stereocenters. The van der Waals surface area contributed by atoms with Gasteiger partial charge in [0.2, 0.25) is 0 Å². The van der Waals surface area contributed by atoms with Crippen LogP contribution < -0.4 is 0 Å². The van der Waals surface area contributed by atoms with E-state index >= 15 is 0 Å². The molecule has 26 heavy (non-hydrogen) atoms. The minimum Gasteiger partial charge on any atom is -0.326 e. The lowest BCUT2D eigenvalue weighted by molar-refractivity contribution is 0.549. The van der Waals surface area contributed by atoms with Crippen molar-refractivity contribution in [3.63, 3.8) is 0 Å². The van der Waals surface area contributed by atoms with Gasteiger partial charge in [0.1, 0.15) is 5.82 Å². The second-order valence-electron chi connectivity index (χ2n) is 5.96. The van der Waals surface area contributed by atoms with Crippen LogP contribution in [0.4, 0.5) is 0 Å². The normalized spacial score (nSPS) is 12.2. The first-order valence-corrected chi connectivity index (χ1v) is 8.46. The van der Waals surface area contributed by atoms with E-state index in [-0.39, 0.29) is 6.04 Å². The van der Waals surface area contributed by atoms with Crippen molar-refractivity contribution in [2.24, 2.45) is 0 Å². The predicted octanol–water partition coefficient (Wildman–Crippen LogP) is 2.94. The van der Waals surface area contributed by atoms with E-state index in [4.69, 9.17) is 4.98 Å². The van der Waals surface area contributed by atoms with Crippen LogP contribution in [0.2, 0.25) is 0 Å². The van der Waals surface area contributed by atoms with Crippen LogP contribution in [0, 0.1) is 11.3 Å². The number of fused-ring (bicyclic) bond motifs is 1. The van der Waals surface area contributed by atoms with E-state index in [2.05, 4.69) is 32.5 Å². The predicted molar refractivity (Wildman–Crippen MR) is 96.2 cm³/mol. The monoisotopic (exact) mass is 343 g/mol. The number of nitrogens with zero attached hydrogens (tertiary/aromatic N) is 7. The van der Waals surface area contributed by atoms with E-state index in [1.54, 1.807) is 31.0 Å². The Kier molecular flexibility index (Phi) is 4.15. The minimum atomic E-state index is -0.289. The molecule has 0 radical (unpaired) electrons. The molecule has 0 fully saturated rings. The minimum absolute atomic E-state index is 0.289. The highest BCUT2D eigenvalue weighted by molar-refractivity contribution is 5.78. The number of benzene rings is 1. The molecule has 0 aliphatic carbocycles. The van der Waals surface area contributed by atoms with E-state index in [1.807, 2.05) is 29.0 Å². The summed E-state index contributed by atoms with van der Waals surface area (Å²) in [6.07, 6.45) is 9.79. The van der Waals surface area contributed by atoms with Gasteiger partial charge in [-0.25, -0.2) is 19.9 Å². The van der Waals surface area contributed by atoms with Gasteiger partial charge in [0.05, 0.1) is 29.0 Å². The van der Waals surface area contributed by atoms with Gasteiger partial charge in [-0.2, -0.15) is 5.26 Å². The van der Waals surface area contributed by atoms with Crippen molar-refractivity contribution in [2.45, 2.75) is 25.9 Å². The maximum absolute atomic E-state index is 9.20. The molecule has 3 heterocycles. The fourth-order valence-electron chi connectivity index (χ4n) is 3.14. The van der Waals surface area contributed by atoms with Crippen molar-refractivity contribution in [3.8, 4) is 6.07 Å². The third-order valence-electron chi connectivity index (χ3n) is 4.25. The van der Waals surface area contributed by atoms with Gasteiger partial charge in [-0.1, -0.05) is 6.92 Å². The van der Waals surface area contributed by atoms with Crippen LogP contribution in [0.25, 0.3) is 11.0 Å². The largest absolute Gasteiger partial charge is 0.326 e. The molecule has 0 saturated heterocycles.